The van der Waals surface area contributed by atoms with Crippen molar-refractivity contribution in [3.63, 3.8) is 0 Å². The molecule has 126 valence electrons. The first-order chi connectivity index (χ1) is 11.5. The van der Waals surface area contributed by atoms with Crippen LogP contribution in [0.25, 0.3) is 0 Å². The average Bonchev–Trinajstić information content (AvgIpc) is 2.61. The van der Waals surface area contributed by atoms with E-state index in [1.807, 2.05) is 0 Å². The van der Waals surface area contributed by atoms with E-state index in [1.165, 1.54) is 38.5 Å². The van der Waals surface area contributed by atoms with Gasteiger partial charge in [-0.05, 0) is 54.7 Å². The number of rotatable bonds is 4. The summed E-state index contributed by atoms with van der Waals surface area (Å²) in [5, 5.41) is 2.96. The Morgan fingerprint density at radius 1 is 1.04 bits per heavy atom. The van der Waals surface area contributed by atoms with Gasteiger partial charge in [-0.25, -0.2) is 4.39 Å². The van der Waals surface area contributed by atoms with Gasteiger partial charge in [0.15, 0.2) is 5.11 Å². The number of nitrogens with one attached hydrogen (secondary N) is 3. The molecule has 0 fully saturated rings. The zero-order chi connectivity index (χ0) is 17.5. The molecular formula is C16H16FN3O3S. The van der Waals surface area contributed by atoms with E-state index in [4.69, 9.17) is 21.7 Å². The summed E-state index contributed by atoms with van der Waals surface area (Å²) in [6.45, 7) is 0. The van der Waals surface area contributed by atoms with Crippen LogP contribution in [0.1, 0.15) is 10.4 Å². The number of ether oxygens (including phenoxy) is 2. The topological polar surface area (TPSA) is 71.6 Å². The minimum Gasteiger partial charge on any atom is -0.497 e. The molecule has 0 atom stereocenters. The van der Waals surface area contributed by atoms with Gasteiger partial charge < -0.3 is 14.8 Å². The molecule has 3 N–H and O–H groups in total. The molecule has 0 saturated heterocycles. The van der Waals surface area contributed by atoms with Crippen molar-refractivity contribution in [2.45, 2.75) is 0 Å². The second-order valence-electron chi connectivity index (χ2n) is 4.61. The fraction of sp³-hybridized carbons (Fsp3) is 0.125. The van der Waals surface area contributed by atoms with E-state index in [9.17, 15) is 9.18 Å². The zero-order valence-corrected chi connectivity index (χ0v) is 13.9. The van der Waals surface area contributed by atoms with E-state index in [0.717, 1.165) is 0 Å². The van der Waals surface area contributed by atoms with E-state index < -0.39 is 5.91 Å². The van der Waals surface area contributed by atoms with E-state index >= 15 is 0 Å². The molecule has 0 aliphatic rings. The lowest BCUT2D eigenvalue weighted by atomic mass is 10.2. The SMILES string of the molecule is COc1ccc(OC)c(C(=O)NNC(=S)Nc2ccc(F)cc2)c1. The lowest BCUT2D eigenvalue weighted by Crippen LogP contribution is -2.43. The number of thiocarbonyl (C=S) groups is 1. The van der Waals surface area contributed by atoms with Gasteiger partial charge in [0.05, 0.1) is 19.8 Å². The number of anilines is 1. The largest absolute Gasteiger partial charge is 0.497 e. The molecule has 2 aromatic rings. The summed E-state index contributed by atoms with van der Waals surface area (Å²) in [6.07, 6.45) is 0. The summed E-state index contributed by atoms with van der Waals surface area (Å²) in [7, 11) is 2.97. The van der Waals surface area contributed by atoms with Crippen molar-refractivity contribution in [2.24, 2.45) is 0 Å². The van der Waals surface area contributed by atoms with Gasteiger partial charge in [-0.1, -0.05) is 0 Å². The molecule has 8 heteroatoms. The van der Waals surface area contributed by atoms with Gasteiger partial charge in [0.2, 0.25) is 0 Å². The maximum absolute atomic E-state index is 12.8. The van der Waals surface area contributed by atoms with Crippen LogP contribution in [0, 0.1) is 5.82 Å². The summed E-state index contributed by atoms with van der Waals surface area (Å²) >= 11 is 5.06. The van der Waals surface area contributed by atoms with Crippen LogP contribution in [0.5, 0.6) is 11.5 Å². The average molecular weight is 349 g/mol. The van der Waals surface area contributed by atoms with Crippen molar-refractivity contribution in [2.75, 3.05) is 19.5 Å². The molecule has 0 bridgehead atoms. The van der Waals surface area contributed by atoms with Gasteiger partial charge in [-0.3, -0.25) is 15.6 Å². The van der Waals surface area contributed by atoms with Crippen molar-refractivity contribution in [1.82, 2.24) is 10.9 Å². The molecule has 0 radical (unpaired) electrons. The molecule has 0 heterocycles. The van der Waals surface area contributed by atoms with Crippen LogP contribution >= 0.6 is 12.2 Å². The molecule has 1 amide bonds. The van der Waals surface area contributed by atoms with Crippen LogP contribution < -0.4 is 25.6 Å². The highest BCUT2D eigenvalue weighted by atomic mass is 32.1. The Labute approximate surface area is 143 Å². The number of hydrazine groups is 1. The normalized spacial score (nSPS) is 9.79. The van der Waals surface area contributed by atoms with Gasteiger partial charge in [0.1, 0.15) is 17.3 Å². The van der Waals surface area contributed by atoms with Gasteiger partial charge in [-0.2, -0.15) is 0 Å². The molecule has 0 aliphatic heterocycles. The second-order valence-corrected chi connectivity index (χ2v) is 5.01. The van der Waals surface area contributed by atoms with Crippen LogP contribution in [0.4, 0.5) is 10.1 Å². The Morgan fingerprint density at radius 2 is 1.75 bits per heavy atom. The Bertz CT molecular complexity index is 738. The third kappa shape index (κ3) is 4.56. The molecule has 2 rings (SSSR count). The van der Waals surface area contributed by atoms with Gasteiger partial charge >= 0.3 is 0 Å². The quantitative estimate of drug-likeness (QED) is 0.582. The summed E-state index contributed by atoms with van der Waals surface area (Å²) in [5.41, 5.74) is 5.89. The number of amides is 1. The standard InChI is InChI=1S/C16H16FN3O3S/c1-22-12-7-8-14(23-2)13(9-12)15(21)19-20-16(24)18-11-5-3-10(17)4-6-11/h3-9H,1-2H3,(H,19,21)(H2,18,20,24). The third-order valence-corrected chi connectivity index (χ3v) is 3.25. The molecule has 6 nitrogen and oxygen atoms in total. The number of benzene rings is 2. The van der Waals surface area contributed by atoms with Crippen LogP contribution in [-0.2, 0) is 0 Å². The van der Waals surface area contributed by atoms with Gasteiger partial charge in [-0.15, -0.1) is 0 Å². The lowest BCUT2D eigenvalue weighted by Gasteiger charge is -2.13. The third-order valence-electron chi connectivity index (χ3n) is 3.04. The van der Waals surface area contributed by atoms with Crippen molar-refractivity contribution in [3.05, 3.63) is 53.8 Å². The van der Waals surface area contributed by atoms with E-state index in [0.29, 0.717) is 17.2 Å². The molecule has 24 heavy (non-hydrogen) atoms. The highest BCUT2D eigenvalue weighted by Crippen LogP contribution is 2.23. The molecule has 0 aliphatic carbocycles. The van der Waals surface area contributed by atoms with Crippen LogP contribution in [0.2, 0.25) is 0 Å². The summed E-state index contributed by atoms with van der Waals surface area (Å²) in [6, 6.07) is 10.5. The van der Waals surface area contributed by atoms with Crippen molar-refractivity contribution < 1.29 is 18.7 Å². The Kier molecular flexibility index (Phi) is 5.91. The first-order valence-corrected chi connectivity index (χ1v) is 7.29. The molecule has 0 spiro atoms. The number of halogens is 1. The fourth-order valence-corrected chi connectivity index (χ4v) is 2.04. The molecule has 0 aromatic heterocycles. The molecular weight excluding hydrogens is 333 g/mol. The number of hydrogen-bond donors (Lipinski definition) is 3. The van der Waals surface area contributed by atoms with Gasteiger partial charge in [0.25, 0.3) is 5.91 Å². The Morgan fingerprint density at radius 3 is 2.38 bits per heavy atom. The minimum absolute atomic E-state index is 0.150. The van der Waals surface area contributed by atoms with Gasteiger partial charge in [0, 0.05) is 5.69 Å². The van der Waals surface area contributed by atoms with Crippen molar-refractivity contribution in [3.8, 4) is 11.5 Å². The number of hydrogen-bond acceptors (Lipinski definition) is 4. The summed E-state index contributed by atoms with van der Waals surface area (Å²) < 4.78 is 23.1. The van der Waals surface area contributed by atoms with Crippen LogP contribution in [-0.4, -0.2) is 25.2 Å². The lowest BCUT2D eigenvalue weighted by molar-refractivity contribution is 0.0940. The van der Waals surface area contributed by atoms with E-state index in [2.05, 4.69) is 16.2 Å². The number of methoxy groups -OCH3 is 2. The molecule has 0 saturated carbocycles. The van der Waals surface area contributed by atoms with E-state index in [-0.39, 0.29) is 16.5 Å². The Hall–Kier alpha value is -2.87. The fourth-order valence-electron chi connectivity index (χ4n) is 1.87. The Balaban J connectivity index is 1.97. The van der Waals surface area contributed by atoms with Crippen molar-refractivity contribution >= 4 is 28.9 Å². The van der Waals surface area contributed by atoms with E-state index in [1.54, 1.807) is 18.2 Å². The predicted molar refractivity (Wildman–Crippen MR) is 92.8 cm³/mol. The molecule has 0 unspecified atom stereocenters. The molecule has 2 aromatic carbocycles. The smallest absolute Gasteiger partial charge is 0.273 e. The number of carbonyl (C=O) groups is 1. The first-order valence-electron chi connectivity index (χ1n) is 6.88. The second kappa shape index (κ2) is 8.11. The highest BCUT2D eigenvalue weighted by Gasteiger charge is 2.13. The van der Waals surface area contributed by atoms with Crippen LogP contribution in [0.3, 0.4) is 0 Å². The first kappa shape index (κ1) is 17.5. The van der Waals surface area contributed by atoms with Crippen LogP contribution in [0.15, 0.2) is 42.5 Å². The summed E-state index contributed by atoms with van der Waals surface area (Å²) in [5.74, 6) is 0.118. The maximum Gasteiger partial charge on any atom is 0.273 e. The monoisotopic (exact) mass is 349 g/mol. The minimum atomic E-state index is -0.450. The summed E-state index contributed by atoms with van der Waals surface area (Å²) in [4.78, 5) is 12.2. The highest BCUT2D eigenvalue weighted by molar-refractivity contribution is 7.80. The van der Waals surface area contributed by atoms with Crippen molar-refractivity contribution in [1.29, 1.82) is 0 Å². The predicted octanol–water partition coefficient (Wildman–Crippen LogP) is 2.47. The number of carbonyl (C=O) groups excluding carboxylic acids is 1. The zero-order valence-electron chi connectivity index (χ0n) is 13.1. The maximum atomic E-state index is 12.8.